The Morgan fingerprint density at radius 3 is 3.16 bits per heavy atom. The molecule has 10 nitrogen and oxygen atoms in total. The van der Waals surface area contributed by atoms with Crippen LogP contribution >= 0.6 is 0 Å². The highest BCUT2D eigenvalue weighted by Crippen LogP contribution is 2.14. The Balaban J connectivity index is 1.60. The molecule has 3 amide bonds. The fourth-order valence-corrected chi connectivity index (χ4v) is 2.56. The summed E-state index contributed by atoms with van der Waals surface area (Å²) < 4.78 is 5.11. The molecule has 0 aliphatic carbocycles. The first-order chi connectivity index (χ1) is 12.2. The molecule has 3 heterocycles. The van der Waals surface area contributed by atoms with Crippen LogP contribution in [0.4, 0.5) is 4.79 Å². The number of aliphatic hydroxyl groups excluding tert-OH is 1. The van der Waals surface area contributed by atoms with E-state index in [9.17, 15) is 9.59 Å². The molecule has 1 aliphatic heterocycles. The van der Waals surface area contributed by atoms with E-state index in [0.717, 1.165) is 0 Å². The number of rotatable bonds is 5. The number of pyridine rings is 1. The monoisotopic (exact) mass is 346 g/mol. The van der Waals surface area contributed by atoms with E-state index >= 15 is 0 Å². The van der Waals surface area contributed by atoms with Gasteiger partial charge in [0.05, 0.1) is 6.54 Å². The number of piperazine rings is 1. The molecule has 0 saturated carbocycles. The minimum atomic E-state index is -0.688. The van der Waals surface area contributed by atoms with Crippen LogP contribution in [0, 0.1) is 0 Å². The molecular weight excluding hydrogens is 328 g/mol. The summed E-state index contributed by atoms with van der Waals surface area (Å²) in [5.41, 5.74) is 0.708. The molecule has 0 bridgehead atoms. The first kappa shape index (κ1) is 16.8. The van der Waals surface area contributed by atoms with Crippen molar-refractivity contribution >= 4 is 11.9 Å². The largest absolute Gasteiger partial charge is 0.396 e. The van der Waals surface area contributed by atoms with Crippen LogP contribution in [0.25, 0.3) is 11.4 Å². The molecule has 3 N–H and O–H groups in total. The van der Waals surface area contributed by atoms with Crippen molar-refractivity contribution in [3.63, 3.8) is 0 Å². The first-order valence-electron chi connectivity index (χ1n) is 7.85. The normalized spacial score (nSPS) is 17.2. The van der Waals surface area contributed by atoms with Gasteiger partial charge in [-0.25, -0.2) is 4.79 Å². The van der Waals surface area contributed by atoms with Gasteiger partial charge in [-0.3, -0.25) is 9.78 Å². The molecule has 1 unspecified atom stereocenters. The third kappa shape index (κ3) is 3.91. The summed E-state index contributed by atoms with van der Waals surface area (Å²) >= 11 is 0. The molecular formula is C15H18N6O4. The number of aromatic nitrogens is 3. The van der Waals surface area contributed by atoms with E-state index in [1.807, 2.05) is 0 Å². The highest BCUT2D eigenvalue weighted by Gasteiger charge is 2.32. The lowest BCUT2D eigenvalue weighted by molar-refractivity contribution is -0.128. The molecule has 25 heavy (non-hydrogen) atoms. The molecule has 3 rings (SSSR count). The van der Waals surface area contributed by atoms with Gasteiger partial charge in [-0.15, -0.1) is 0 Å². The highest BCUT2D eigenvalue weighted by molar-refractivity contribution is 5.88. The fourth-order valence-electron chi connectivity index (χ4n) is 2.56. The van der Waals surface area contributed by atoms with Crippen molar-refractivity contribution in [1.29, 1.82) is 0 Å². The molecule has 2 aromatic rings. The van der Waals surface area contributed by atoms with Crippen LogP contribution in [0.15, 0.2) is 29.0 Å². The SMILES string of the molecule is O=C1NCCN(C(=O)NCc2nc(-c3cccnc3)no2)C1CCO. The number of hydrogen-bond donors (Lipinski definition) is 3. The van der Waals surface area contributed by atoms with Crippen molar-refractivity contribution < 1.29 is 19.2 Å². The molecule has 1 fully saturated rings. The number of aliphatic hydroxyl groups is 1. The van der Waals surface area contributed by atoms with E-state index in [1.165, 1.54) is 4.90 Å². The molecule has 1 saturated heterocycles. The Hall–Kier alpha value is -3.01. The van der Waals surface area contributed by atoms with Gasteiger partial charge in [-0.05, 0) is 18.6 Å². The van der Waals surface area contributed by atoms with Gasteiger partial charge in [0.2, 0.25) is 17.6 Å². The van der Waals surface area contributed by atoms with Crippen molar-refractivity contribution in [2.75, 3.05) is 19.7 Å². The zero-order valence-electron chi connectivity index (χ0n) is 13.4. The Bertz CT molecular complexity index is 735. The van der Waals surface area contributed by atoms with E-state index in [-0.39, 0.29) is 31.4 Å². The Morgan fingerprint density at radius 2 is 2.40 bits per heavy atom. The minimum absolute atomic E-state index is 0.0378. The number of hydrogen-bond acceptors (Lipinski definition) is 7. The molecule has 10 heteroatoms. The van der Waals surface area contributed by atoms with E-state index < -0.39 is 12.1 Å². The number of amides is 3. The quantitative estimate of drug-likeness (QED) is 0.666. The van der Waals surface area contributed by atoms with Crippen LogP contribution in [0.3, 0.4) is 0 Å². The summed E-state index contributed by atoms with van der Waals surface area (Å²) in [5.74, 6) is 0.354. The zero-order valence-corrected chi connectivity index (χ0v) is 13.4. The Morgan fingerprint density at radius 1 is 1.52 bits per heavy atom. The number of nitrogens with zero attached hydrogens (tertiary/aromatic N) is 4. The molecule has 0 spiro atoms. The average molecular weight is 346 g/mol. The van der Waals surface area contributed by atoms with Gasteiger partial charge >= 0.3 is 6.03 Å². The predicted octanol–water partition coefficient (Wildman–Crippen LogP) is -0.476. The number of carbonyl (C=O) groups is 2. The molecule has 1 aliphatic rings. The van der Waals surface area contributed by atoms with Crippen molar-refractivity contribution in [2.45, 2.75) is 19.0 Å². The highest BCUT2D eigenvalue weighted by atomic mass is 16.5. The van der Waals surface area contributed by atoms with E-state index in [1.54, 1.807) is 24.5 Å². The summed E-state index contributed by atoms with van der Waals surface area (Å²) in [6.07, 6.45) is 3.44. The zero-order chi connectivity index (χ0) is 17.6. The smallest absolute Gasteiger partial charge is 0.318 e. The maximum absolute atomic E-state index is 12.3. The van der Waals surface area contributed by atoms with Crippen LogP contribution in [-0.4, -0.2) is 62.8 Å². The van der Waals surface area contributed by atoms with Gasteiger partial charge < -0.3 is 25.2 Å². The van der Waals surface area contributed by atoms with Crippen molar-refractivity contribution in [2.24, 2.45) is 0 Å². The van der Waals surface area contributed by atoms with Gasteiger partial charge in [0.15, 0.2) is 0 Å². The van der Waals surface area contributed by atoms with Gasteiger partial charge in [0.25, 0.3) is 0 Å². The van der Waals surface area contributed by atoms with Crippen LogP contribution in [0.1, 0.15) is 12.3 Å². The second-order valence-corrected chi connectivity index (χ2v) is 5.42. The first-order valence-corrected chi connectivity index (χ1v) is 7.85. The van der Waals surface area contributed by atoms with Crippen molar-refractivity contribution in [1.82, 2.24) is 30.7 Å². The van der Waals surface area contributed by atoms with Crippen LogP contribution in [0.2, 0.25) is 0 Å². The summed E-state index contributed by atoms with van der Waals surface area (Å²) in [7, 11) is 0. The molecule has 1 atom stereocenters. The summed E-state index contributed by atoms with van der Waals surface area (Å²) in [4.78, 5) is 33.8. The topological polar surface area (TPSA) is 133 Å². The van der Waals surface area contributed by atoms with E-state index in [2.05, 4.69) is 25.8 Å². The van der Waals surface area contributed by atoms with Crippen LogP contribution in [-0.2, 0) is 11.3 Å². The van der Waals surface area contributed by atoms with E-state index in [0.29, 0.717) is 24.5 Å². The van der Waals surface area contributed by atoms with Gasteiger partial charge in [0, 0.05) is 37.7 Å². The third-order valence-electron chi connectivity index (χ3n) is 3.77. The maximum atomic E-state index is 12.3. The van der Waals surface area contributed by atoms with Gasteiger partial charge in [-0.2, -0.15) is 4.98 Å². The fraction of sp³-hybridized carbons (Fsp3) is 0.400. The second-order valence-electron chi connectivity index (χ2n) is 5.42. The molecule has 2 aromatic heterocycles. The van der Waals surface area contributed by atoms with Gasteiger partial charge in [0.1, 0.15) is 6.04 Å². The lowest BCUT2D eigenvalue weighted by Gasteiger charge is -2.34. The lowest BCUT2D eigenvalue weighted by atomic mass is 10.1. The molecule has 0 aromatic carbocycles. The summed E-state index contributed by atoms with van der Waals surface area (Å²) in [6, 6.07) is 2.45. The van der Waals surface area contributed by atoms with Crippen LogP contribution < -0.4 is 10.6 Å². The second kappa shape index (κ2) is 7.71. The van der Waals surface area contributed by atoms with Gasteiger partial charge in [-0.1, -0.05) is 5.16 Å². The molecule has 132 valence electrons. The van der Waals surface area contributed by atoms with Crippen molar-refractivity contribution in [3.05, 3.63) is 30.4 Å². The van der Waals surface area contributed by atoms with Crippen molar-refractivity contribution in [3.8, 4) is 11.4 Å². The third-order valence-corrected chi connectivity index (χ3v) is 3.77. The van der Waals surface area contributed by atoms with Crippen LogP contribution in [0.5, 0.6) is 0 Å². The van der Waals surface area contributed by atoms with E-state index in [4.69, 9.17) is 9.63 Å². The molecule has 0 radical (unpaired) electrons. The predicted molar refractivity (Wildman–Crippen MR) is 85.0 cm³/mol. The Kier molecular flexibility index (Phi) is 5.19. The summed E-state index contributed by atoms with van der Waals surface area (Å²) in [5, 5.41) is 18.3. The standard InChI is InChI=1S/C15H18N6O4/c22-7-3-11-14(23)17-5-6-21(11)15(24)18-9-12-19-13(20-25-12)10-2-1-4-16-8-10/h1-2,4,8,11,22H,3,5-7,9H2,(H,17,23)(H,18,24). The lowest BCUT2D eigenvalue weighted by Crippen LogP contribution is -2.59. The minimum Gasteiger partial charge on any atom is -0.396 e. The number of carbonyl (C=O) groups excluding carboxylic acids is 2. The number of nitrogens with one attached hydrogen (secondary N) is 2. The maximum Gasteiger partial charge on any atom is 0.318 e. The number of urea groups is 1. The summed E-state index contributed by atoms with van der Waals surface area (Å²) in [6.45, 7) is 0.600. The Labute approximate surface area is 143 Å². The average Bonchev–Trinajstić information content (AvgIpc) is 3.11.